The second kappa shape index (κ2) is 8.26. The van der Waals surface area contributed by atoms with Gasteiger partial charge in [-0.05, 0) is 42.0 Å². The summed E-state index contributed by atoms with van der Waals surface area (Å²) in [4.78, 5) is 34.1. The number of hydrogen-bond donors (Lipinski definition) is 2. The van der Waals surface area contributed by atoms with Gasteiger partial charge in [-0.25, -0.2) is 0 Å². The minimum absolute atomic E-state index is 0.0949. The first-order valence-electron chi connectivity index (χ1n) is 8.33. The van der Waals surface area contributed by atoms with Crippen LogP contribution >= 0.6 is 0 Å². The molecule has 0 amide bonds. The van der Waals surface area contributed by atoms with E-state index >= 15 is 0 Å². The molecule has 28 heavy (non-hydrogen) atoms. The standard InChI is InChI=1S/C20H19N3O5/c1-26-16-9-12(10-17(27-2)18(16)28-3)8-14-19(24)23-15(20(25)22-14)11-13-6-4-5-7-21-13/h4-11H,1-3H3,(H,22,25)(H,23,24)/b14-8+,15-11-. The van der Waals surface area contributed by atoms with Gasteiger partial charge in [0.1, 0.15) is 10.7 Å². The maximum absolute atomic E-state index is 12.4. The lowest BCUT2D eigenvalue weighted by Gasteiger charge is -2.12. The van der Waals surface area contributed by atoms with Crippen LogP contribution in [-0.2, 0) is 0 Å². The quantitative estimate of drug-likeness (QED) is 0.651. The Morgan fingerprint density at radius 2 is 1.46 bits per heavy atom. The fourth-order valence-electron chi connectivity index (χ4n) is 2.66. The number of aromatic amines is 2. The smallest absolute Gasteiger partial charge is 0.272 e. The van der Waals surface area contributed by atoms with E-state index in [1.165, 1.54) is 33.5 Å². The Morgan fingerprint density at radius 3 is 1.96 bits per heavy atom. The number of nitrogens with zero attached hydrogens (tertiary/aromatic N) is 1. The summed E-state index contributed by atoms with van der Waals surface area (Å²) in [6.45, 7) is 0. The van der Waals surface area contributed by atoms with Gasteiger partial charge in [0, 0.05) is 6.20 Å². The first-order valence-corrected chi connectivity index (χ1v) is 8.33. The molecule has 0 spiro atoms. The molecule has 8 heteroatoms. The van der Waals surface area contributed by atoms with Crippen LogP contribution in [0.2, 0.25) is 0 Å². The summed E-state index contributed by atoms with van der Waals surface area (Å²) in [5.74, 6) is 1.31. The molecule has 0 aliphatic carbocycles. The van der Waals surface area contributed by atoms with Crippen molar-refractivity contribution in [2.45, 2.75) is 0 Å². The average Bonchev–Trinajstić information content (AvgIpc) is 2.71. The van der Waals surface area contributed by atoms with Gasteiger partial charge < -0.3 is 24.2 Å². The Hall–Kier alpha value is -3.81. The zero-order valence-electron chi connectivity index (χ0n) is 15.6. The summed E-state index contributed by atoms with van der Waals surface area (Å²) in [5.41, 5.74) is 0.265. The molecule has 8 nitrogen and oxygen atoms in total. The highest BCUT2D eigenvalue weighted by atomic mass is 16.5. The van der Waals surface area contributed by atoms with Gasteiger partial charge in [0.05, 0.1) is 27.0 Å². The lowest BCUT2D eigenvalue weighted by molar-refractivity contribution is 0.324. The molecule has 2 N–H and O–H groups in total. The topological polar surface area (TPSA) is 106 Å². The summed E-state index contributed by atoms with van der Waals surface area (Å²) in [7, 11) is 4.50. The van der Waals surface area contributed by atoms with E-state index < -0.39 is 11.1 Å². The van der Waals surface area contributed by atoms with Gasteiger partial charge in [0.15, 0.2) is 11.5 Å². The van der Waals surface area contributed by atoms with Gasteiger partial charge in [0.25, 0.3) is 11.1 Å². The number of ether oxygens (including phenoxy) is 3. The van der Waals surface area contributed by atoms with Crippen LogP contribution in [-0.4, -0.2) is 36.3 Å². The van der Waals surface area contributed by atoms with Crippen molar-refractivity contribution in [3.8, 4) is 17.2 Å². The van der Waals surface area contributed by atoms with Gasteiger partial charge in [-0.2, -0.15) is 0 Å². The Labute approximate surface area is 159 Å². The number of benzene rings is 1. The van der Waals surface area contributed by atoms with Gasteiger partial charge in [-0.1, -0.05) is 6.07 Å². The molecule has 0 aliphatic rings. The van der Waals surface area contributed by atoms with E-state index in [2.05, 4.69) is 15.0 Å². The first kappa shape index (κ1) is 19.0. The van der Waals surface area contributed by atoms with Gasteiger partial charge in [0.2, 0.25) is 5.75 Å². The summed E-state index contributed by atoms with van der Waals surface area (Å²) >= 11 is 0. The largest absolute Gasteiger partial charge is 0.493 e. The Kier molecular flexibility index (Phi) is 5.59. The van der Waals surface area contributed by atoms with E-state index in [1.807, 2.05) is 0 Å². The molecule has 144 valence electrons. The monoisotopic (exact) mass is 381 g/mol. The Balaban J connectivity index is 2.14. The fourth-order valence-corrected chi connectivity index (χ4v) is 2.66. The highest BCUT2D eigenvalue weighted by molar-refractivity contribution is 5.61. The Morgan fingerprint density at radius 1 is 0.857 bits per heavy atom. The van der Waals surface area contributed by atoms with E-state index in [0.29, 0.717) is 28.5 Å². The molecule has 0 radical (unpaired) electrons. The van der Waals surface area contributed by atoms with E-state index in [4.69, 9.17) is 14.2 Å². The van der Waals surface area contributed by atoms with Crippen LogP contribution in [0.5, 0.6) is 17.2 Å². The van der Waals surface area contributed by atoms with Crippen molar-refractivity contribution in [3.63, 3.8) is 0 Å². The molecule has 0 fully saturated rings. The van der Waals surface area contributed by atoms with Crippen molar-refractivity contribution in [2.24, 2.45) is 0 Å². The molecule has 0 aliphatic heterocycles. The van der Waals surface area contributed by atoms with Crippen molar-refractivity contribution in [3.05, 3.63) is 79.2 Å². The molecule has 1 aromatic carbocycles. The number of H-pyrrole nitrogens is 2. The third kappa shape index (κ3) is 3.96. The number of pyridine rings is 1. The predicted molar refractivity (Wildman–Crippen MR) is 104 cm³/mol. The van der Waals surface area contributed by atoms with Crippen LogP contribution in [0.1, 0.15) is 11.3 Å². The van der Waals surface area contributed by atoms with Crippen LogP contribution in [0.25, 0.3) is 12.2 Å². The molecule has 2 heterocycles. The summed E-state index contributed by atoms with van der Waals surface area (Å²) in [6.07, 6.45) is 4.63. The number of aromatic nitrogens is 3. The second-order valence-electron chi connectivity index (χ2n) is 5.74. The molecule has 0 bridgehead atoms. The minimum Gasteiger partial charge on any atom is -0.493 e. The number of nitrogens with one attached hydrogen (secondary N) is 2. The molecular weight excluding hydrogens is 362 g/mol. The SMILES string of the molecule is COc1cc(/C=c2/[nH]c(=O)/c(=C/c3ccccn3)[nH]c2=O)cc(OC)c1OC. The molecule has 3 rings (SSSR count). The van der Waals surface area contributed by atoms with Crippen LogP contribution in [0.4, 0.5) is 0 Å². The van der Waals surface area contributed by atoms with E-state index in [1.54, 1.807) is 36.5 Å². The molecule has 0 atom stereocenters. The lowest BCUT2D eigenvalue weighted by Crippen LogP contribution is -2.46. The maximum atomic E-state index is 12.4. The molecule has 0 unspecified atom stereocenters. The van der Waals surface area contributed by atoms with Crippen LogP contribution in [0, 0.1) is 0 Å². The molecular formula is C20H19N3O5. The summed E-state index contributed by atoms with van der Waals surface area (Å²) < 4.78 is 15.9. The maximum Gasteiger partial charge on any atom is 0.272 e. The molecule has 0 saturated carbocycles. The average molecular weight is 381 g/mol. The number of hydrogen-bond acceptors (Lipinski definition) is 6. The van der Waals surface area contributed by atoms with E-state index in [-0.39, 0.29) is 10.7 Å². The Bertz CT molecular complexity index is 1190. The van der Waals surface area contributed by atoms with Crippen LogP contribution in [0.3, 0.4) is 0 Å². The van der Waals surface area contributed by atoms with E-state index in [0.717, 1.165) is 0 Å². The zero-order valence-corrected chi connectivity index (χ0v) is 15.6. The fraction of sp³-hybridized carbons (Fsp3) is 0.150. The van der Waals surface area contributed by atoms with Crippen molar-refractivity contribution < 1.29 is 14.2 Å². The highest BCUT2D eigenvalue weighted by Crippen LogP contribution is 2.38. The summed E-state index contributed by atoms with van der Waals surface area (Å²) in [6, 6.07) is 8.63. The first-order chi connectivity index (χ1) is 13.5. The normalized spacial score (nSPS) is 12.1. The molecule has 2 aromatic heterocycles. The van der Waals surface area contributed by atoms with Crippen molar-refractivity contribution in [1.82, 2.24) is 15.0 Å². The second-order valence-corrected chi connectivity index (χ2v) is 5.74. The molecule has 0 saturated heterocycles. The number of rotatable bonds is 5. The van der Waals surface area contributed by atoms with Crippen molar-refractivity contribution in [1.29, 1.82) is 0 Å². The predicted octanol–water partition coefficient (Wildman–Crippen LogP) is 0.142. The third-order valence-corrected chi connectivity index (χ3v) is 3.96. The van der Waals surface area contributed by atoms with Gasteiger partial charge >= 0.3 is 0 Å². The van der Waals surface area contributed by atoms with Crippen molar-refractivity contribution in [2.75, 3.05) is 21.3 Å². The van der Waals surface area contributed by atoms with Crippen molar-refractivity contribution >= 4 is 12.2 Å². The summed E-state index contributed by atoms with van der Waals surface area (Å²) in [5, 5.41) is 0.211. The number of methoxy groups -OCH3 is 3. The minimum atomic E-state index is -0.449. The van der Waals surface area contributed by atoms with Gasteiger partial charge in [-0.15, -0.1) is 0 Å². The lowest BCUT2D eigenvalue weighted by atomic mass is 10.1. The highest BCUT2D eigenvalue weighted by Gasteiger charge is 2.12. The van der Waals surface area contributed by atoms with E-state index in [9.17, 15) is 9.59 Å². The van der Waals surface area contributed by atoms with Crippen LogP contribution < -0.4 is 36.0 Å². The zero-order chi connectivity index (χ0) is 20.1. The van der Waals surface area contributed by atoms with Gasteiger partial charge in [-0.3, -0.25) is 14.6 Å². The third-order valence-electron chi connectivity index (χ3n) is 3.96. The van der Waals surface area contributed by atoms with Crippen LogP contribution in [0.15, 0.2) is 46.1 Å². The molecule has 3 aromatic rings.